The van der Waals surface area contributed by atoms with Crippen LogP contribution in [0.5, 0.6) is 0 Å². The van der Waals surface area contributed by atoms with Crippen molar-refractivity contribution in [2.75, 3.05) is 13.1 Å². The molecule has 4 heteroatoms. The van der Waals surface area contributed by atoms with Gasteiger partial charge in [0.05, 0.1) is 12.2 Å². The zero-order valence-corrected chi connectivity index (χ0v) is 8.65. The fraction of sp³-hybridized carbons (Fsp3) is 0.636. The van der Waals surface area contributed by atoms with Crippen LogP contribution in [0.15, 0.2) is 16.9 Å². The van der Waals surface area contributed by atoms with E-state index >= 15 is 0 Å². The number of hydrogen-bond donors (Lipinski definition) is 1. The summed E-state index contributed by atoms with van der Waals surface area (Å²) >= 11 is 0. The zero-order valence-electron chi connectivity index (χ0n) is 8.65. The van der Waals surface area contributed by atoms with Crippen LogP contribution >= 0.6 is 0 Å². The molecule has 1 aliphatic carbocycles. The lowest BCUT2D eigenvalue weighted by molar-refractivity contribution is 0.289. The lowest BCUT2D eigenvalue weighted by Crippen LogP contribution is -2.45. The van der Waals surface area contributed by atoms with Crippen LogP contribution < -0.4 is 10.9 Å². The summed E-state index contributed by atoms with van der Waals surface area (Å²) in [7, 11) is 0. The highest BCUT2D eigenvalue weighted by atomic mass is 16.1. The Morgan fingerprint density at radius 2 is 2.20 bits per heavy atom. The van der Waals surface area contributed by atoms with Gasteiger partial charge in [0.15, 0.2) is 0 Å². The first kappa shape index (κ1) is 9.09. The molecule has 0 radical (unpaired) electrons. The van der Waals surface area contributed by atoms with E-state index in [0.29, 0.717) is 11.8 Å². The molecule has 0 bridgehead atoms. The maximum absolute atomic E-state index is 11.6. The largest absolute Gasteiger partial charge is 0.316 e. The van der Waals surface area contributed by atoms with Gasteiger partial charge in [-0.15, -0.1) is 0 Å². The third-order valence-corrected chi connectivity index (χ3v) is 3.18. The smallest absolute Gasteiger partial charge is 0.266 e. The molecule has 0 unspecified atom stereocenters. The molecule has 1 aromatic rings. The van der Waals surface area contributed by atoms with Crippen LogP contribution in [-0.2, 0) is 6.54 Å². The molecule has 80 valence electrons. The summed E-state index contributed by atoms with van der Waals surface area (Å²) in [5, 5.41) is 7.64. The Morgan fingerprint density at radius 3 is 2.80 bits per heavy atom. The van der Waals surface area contributed by atoms with Crippen molar-refractivity contribution in [3.05, 3.63) is 28.2 Å². The highest BCUT2D eigenvalue weighted by Gasteiger charge is 2.26. The molecule has 15 heavy (non-hydrogen) atoms. The van der Waals surface area contributed by atoms with E-state index in [9.17, 15) is 4.79 Å². The zero-order chi connectivity index (χ0) is 10.3. The Morgan fingerprint density at radius 1 is 1.40 bits per heavy atom. The summed E-state index contributed by atoms with van der Waals surface area (Å²) in [5.41, 5.74) is 1.13. The molecule has 2 fully saturated rings. The summed E-state index contributed by atoms with van der Waals surface area (Å²) in [6.07, 6.45) is 2.46. The monoisotopic (exact) mass is 205 g/mol. The van der Waals surface area contributed by atoms with Gasteiger partial charge in [0.2, 0.25) is 0 Å². The van der Waals surface area contributed by atoms with Gasteiger partial charge in [-0.05, 0) is 18.9 Å². The van der Waals surface area contributed by atoms with E-state index in [0.717, 1.165) is 25.3 Å². The van der Waals surface area contributed by atoms with E-state index in [1.54, 1.807) is 10.7 Å². The van der Waals surface area contributed by atoms with Crippen LogP contribution in [0.2, 0.25) is 0 Å². The van der Waals surface area contributed by atoms with Crippen LogP contribution in [0, 0.1) is 5.92 Å². The summed E-state index contributed by atoms with van der Waals surface area (Å²) in [5.74, 6) is 1.21. The molecule has 1 N–H and O–H groups in total. The third-order valence-electron chi connectivity index (χ3n) is 3.18. The van der Waals surface area contributed by atoms with E-state index in [4.69, 9.17) is 0 Å². The quantitative estimate of drug-likeness (QED) is 0.774. The Balaban J connectivity index is 1.83. The number of hydrogen-bond acceptors (Lipinski definition) is 3. The summed E-state index contributed by atoms with van der Waals surface area (Å²) in [4.78, 5) is 11.6. The van der Waals surface area contributed by atoms with Crippen molar-refractivity contribution in [1.82, 2.24) is 15.1 Å². The molecule has 0 spiro atoms. The van der Waals surface area contributed by atoms with Crippen molar-refractivity contribution in [3.8, 4) is 0 Å². The fourth-order valence-electron chi connectivity index (χ4n) is 1.91. The molecule has 2 aliphatic rings. The van der Waals surface area contributed by atoms with E-state index in [1.165, 1.54) is 12.8 Å². The van der Waals surface area contributed by atoms with Gasteiger partial charge >= 0.3 is 0 Å². The van der Waals surface area contributed by atoms with Gasteiger partial charge in [0, 0.05) is 31.0 Å². The highest BCUT2D eigenvalue weighted by Crippen LogP contribution is 2.38. The van der Waals surface area contributed by atoms with Crippen LogP contribution in [0.4, 0.5) is 0 Å². The predicted octanol–water partition coefficient (Wildman–Crippen LogP) is 0.340. The number of rotatable bonds is 3. The van der Waals surface area contributed by atoms with Gasteiger partial charge in [0.1, 0.15) is 0 Å². The molecular formula is C11H15N3O. The van der Waals surface area contributed by atoms with Crippen LogP contribution in [-0.4, -0.2) is 22.9 Å². The summed E-state index contributed by atoms with van der Waals surface area (Å²) in [6, 6.07) is 3.54. The number of nitrogens with one attached hydrogen (secondary N) is 1. The van der Waals surface area contributed by atoms with E-state index in [2.05, 4.69) is 10.4 Å². The molecule has 2 heterocycles. The van der Waals surface area contributed by atoms with Gasteiger partial charge in [-0.3, -0.25) is 4.79 Å². The molecule has 1 saturated heterocycles. The standard InChI is InChI=1S/C11H15N3O/c15-11-4-3-10(9-1-2-9)13-14(11)7-8-5-12-6-8/h3-4,8-9,12H,1-2,5-7H2. The maximum Gasteiger partial charge on any atom is 0.266 e. The van der Waals surface area contributed by atoms with E-state index < -0.39 is 0 Å². The molecule has 0 aromatic carbocycles. The molecule has 1 aliphatic heterocycles. The maximum atomic E-state index is 11.6. The van der Waals surface area contributed by atoms with Crippen LogP contribution in [0.1, 0.15) is 24.5 Å². The van der Waals surface area contributed by atoms with Gasteiger partial charge in [-0.25, -0.2) is 4.68 Å². The molecule has 0 amide bonds. The first-order chi connectivity index (χ1) is 7.33. The van der Waals surface area contributed by atoms with Gasteiger partial charge in [-0.1, -0.05) is 0 Å². The van der Waals surface area contributed by atoms with Crippen molar-refractivity contribution in [2.45, 2.75) is 25.3 Å². The number of nitrogens with zero attached hydrogens (tertiary/aromatic N) is 2. The van der Waals surface area contributed by atoms with Crippen LogP contribution in [0.25, 0.3) is 0 Å². The van der Waals surface area contributed by atoms with Crippen LogP contribution in [0.3, 0.4) is 0 Å². The highest BCUT2D eigenvalue weighted by molar-refractivity contribution is 5.12. The Bertz CT molecular complexity index is 418. The van der Waals surface area contributed by atoms with Crippen molar-refractivity contribution in [2.24, 2.45) is 5.92 Å². The average Bonchev–Trinajstić information content (AvgIpc) is 2.97. The summed E-state index contributed by atoms with van der Waals surface area (Å²) < 4.78 is 1.64. The Kier molecular flexibility index (Phi) is 2.09. The van der Waals surface area contributed by atoms with Crippen molar-refractivity contribution in [3.63, 3.8) is 0 Å². The van der Waals surface area contributed by atoms with E-state index in [-0.39, 0.29) is 5.56 Å². The Labute approximate surface area is 88.3 Å². The molecule has 1 aromatic heterocycles. The van der Waals surface area contributed by atoms with Crippen molar-refractivity contribution >= 4 is 0 Å². The SMILES string of the molecule is O=c1ccc(C2CC2)nn1CC1CNC1. The molecular weight excluding hydrogens is 190 g/mol. The second-order valence-electron chi connectivity index (χ2n) is 4.58. The third kappa shape index (κ3) is 1.81. The van der Waals surface area contributed by atoms with Crippen molar-refractivity contribution in [1.29, 1.82) is 0 Å². The molecule has 0 atom stereocenters. The second-order valence-corrected chi connectivity index (χ2v) is 4.58. The van der Waals surface area contributed by atoms with Gasteiger partial charge < -0.3 is 5.32 Å². The molecule has 3 rings (SSSR count). The van der Waals surface area contributed by atoms with Gasteiger partial charge in [-0.2, -0.15) is 5.10 Å². The van der Waals surface area contributed by atoms with Gasteiger partial charge in [0.25, 0.3) is 5.56 Å². The number of aromatic nitrogens is 2. The topological polar surface area (TPSA) is 46.9 Å². The average molecular weight is 205 g/mol. The van der Waals surface area contributed by atoms with E-state index in [1.807, 2.05) is 6.07 Å². The lowest BCUT2D eigenvalue weighted by atomic mass is 10.0. The first-order valence-corrected chi connectivity index (χ1v) is 5.62. The molecule has 1 saturated carbocycles. The minimum Gasteiger partial charge on any atom is -0.316 e. The minimum absolute atomic E-state index is 0.0336. The minimum atomic E-state index is 0.0336. The second kappa shape index (κ2) is 3.45. The predicted molar refractivity (Wildman–Crippen MR) is 56.8 cm³/mol. The summed E-state index contributed by atoms with van der Waals surface area (Å²) in [6.45, 7) is 2.80. The fourth-order valence-corrected chi connectivity index (χ4v) is 1.91. The Hall–Kier alpha value is -1.16. The van der Waals surface area contributed by atoms with Crippen molar-refractivity contribution < 1.29 is 0 Å². The lowest BCUT2D eigenvalue weighted by Gasteiger charge is -2.27. The first-order valence-electron chi connectivity index (χ1n) is 5.62. The molecule has 4 nitrogen and oxygen atoms in total. The normalized spacial score (nSPS) is 21.3.